The van der Waals surface area contributed by atoms with E-state index < -0.39 is 0 Å². The summed E-state index contributed by atoms with van der Waals surface area (Å²) in [6.07, 6.45) is 1.83. The summed E-state index contributed by atoms with van der Waals surface area (Å²) in [5.74, 6) is -0.715. The van der Waals surface area contributed by atoms with Gasteiger partial charge in [0.2, 0.25) is 0 Å². The highest BCUT2D eigenvalue weighted by atomic mass is 19.1. The number of unbranched alkanes of at least 4 members (excludes halogenated alkanes) is 1. The predicted molar refractivity (Wildman–Crippen MR) is 65.5 cm³/mol. The van der Waals surface area contributed by atoms with Crippen LogP contribution in [0.4, 0.5) is 10.1 Å². The number of nitrogens with one attached hydrogen (secondary N) is 1. The molecule has 0 heterocycles. The number of benzene rings is 1. The number of aryl methyl sites for hydroxylation is 1. The number of para-hydroxylation sites is 1. The molecule has 1 aromatic carbocycles. The second-order valence-electron chi connectivity index (χ2n) is 3.86. The largest absolute Gasteiger partial charge is 0.464 e. The van der Waals surface area contributed by atoms with Gasteiger partial charge >= 0.3 is 5.97 Å². The van der Waals surface area contributed by atoms with Gasteiger partial charge in [-0.05, 0) is 25.0 Å². The van der Waals surface area contributed by atoms with Gasteiger partial charge in [-0.2, -0.15) is 0 Å². The molecule has 0 radical (unpaired) electrons. The van der Waals surface area contributed by atoms with Crippen molar-refractivity contribution in [2.24, 2.45) is 0 Å². The fourth-order valence-electron chi connectivity index (χ4n) is 1.40. The van der Waals surface area contributed by atoms with Gasteiger partial charge in [-0.3, -0.25) is 4.79 Å². The molecule has 0 unspecified atom stereocenters. The maximum absolute atomic E-state index is 13.4. The van der Waals surface area contributed by atoms with Gasteiger partial charge in [0, 0.05) is 0 Å². The van der Waals surface area contributed by atoms with E-state index in [1.54, 1.807) is 19.1 Å². The summed E-state index contributed by atoms with van der Waals surface area (Å²) >= 11 is 0. The van der Waals surface area contributed by atoms with Crippen molar-refractivity contribution < 1.29 is 13.9 Å². The van der Waals surface area contributed by atoms with Gasteiger partial charge in [0.05, 0.1) is 12.3 Å². The number of carbonyl (C=O) groups is 1. The number of halogens is 1. The molecule has 0 fully saturated rings. The highest BCUT2D eigenvalue weighted by Gasteiger charge is 2.07. The standard InChI is InChI=1S/C13H18FNO2/c1-3-4-8-17-12(16)9-15-13-10(2)6-5-7-11(13)14/h5-7,15H,3-4,8-9H2,1-2H3. The maximum atomic E-state index is 13.4. The average molecular weight is 239 g/mol. The molecular formula is C13H18FNO2. The Balaban J connectivity index is 2.42. The summed E-state index contributed by atoms with van der Waals surface area (Å²) in [5, 5.41) is 2.76. The molecule has 17 heavy (non-hydrogen) atoms. The molecule has 0 aromatic heterocycles. The Morgan fingerprint density at radius 1 is 1.47 bits per heavy atom. The second-order valence-corrected chi connectivity index (χ2v) is 3.86. The second kappa shape index (κ2) is 6.89. The van der Waals surface area contributed by atoms with Crippen LogP contribution in [0.25, 0.3) is 0 Å². The van der Waals surface area contributed by atoms with Gasteiger partial charge in [-0.1, -0.05) is 25.5 Å². The van der Waals surface area contributed by atoms with Crippen molar-refractivity contribution >= 4 is 11.7 Å². The molecule has 0 bridgehead atoms. The van der Waals surface area contributed by atoms with Crippen LogP contribution in [-0.2, 0) is 9.53 Å². The van der Waals surface area contributed by atoms with Gasteiger partial charge in [0.15, 0.2) is 0 Å². The number of carbonyl (C=O) groups excluding carboxylic acids is 1. The van der Waals surface area contributed by atoms with E-state index in [-0.39, 0.29) is 18.3 Å². The van der Waals surface area contributed by atoms with Gasteiger partial charge < -0.3 is 10.1 Å². The van der Waals surface area contributed by atoms with Crippen molar-refractivity contribution in [3.05, 3.63) is 29.6 Å². The zero-order chi connectivity index (χ0) is 12.7. The first-order valence-corrected chi connectivity index (χ1v) is 5.79. The van der Waals surface area contributed by atoms with E-state index in [0.717, 1.165) is 18.4 Å². The summed E-state index contributed by atoms with van der Waals surface area (Å²) in [6, 6.07) is 4.78. The number of ether oxygens (including phenoxy) is 1. The molecule has 0 aliphatic rings. The Bertz CT molecular complexity index is 359. The molecule has 0 aliphatic heterocycles. The summed E-state index contributed by atoms with van der Waals surface area (Å²) in [6.45, 7) is 4.22. The number of anilines is 1. The fraction of sp³-hybridized carbons (Fsp3) is 0.462. The molecule has 4 heteroatoms. The minimum Gasteiger partial charge on any atom is -0.464 e. The van der Waals surface area contributed by atoms with Crippen molar-refractivity contribution in [3.8, 4) is 0 Å². The third-order valence-corrected chi connectivity index (χ3v) is 2.39. The minimum atomic E-state index is -0.360. The molecule has 0 saturated heterocycles. The van der Waals surface area contributed by atoms with Crippen molar-refractivity contribution in [2.45, 2.75) is 26.7 Å². The van der Waals surface area contributed by atoms with E-state index in [4.69, 9.17) is 4.74 Å². The number of rotatable bonds is 6. The lowest BCUT2D eigenvalue weighted by atomic mass is 10.2. The summed E-state index contributed by atoms with van der Waals surface area (Å²) < 4.78 is 18.4. The van der Waals surface area contributed by atoms with Gasteiger partial charge in [0.25, 0.3) is 0 Å². The van der Waals surface area contributed by atoms with Crippen LogP contribution >= 0.6 is 0 Å². The first-order valence-electron chi connectivity index (χ1n) is 5.79. The van der Waals surface area contributed by atoms with Crippen LogP contribution in [0.3, 0.4) is 0 Å². The number of hydrogen-bond acceptors (Lipinski definition) is 3. The highest BCUT2D eigenvalue weighted by molar-refractivity contribution is 5.75. The smallest absolute Gasteiger partial charge is 0.325 e. The van der Waals surface area contributed by atoms with E-state index in [1.807, 2.05) is 6.92 Å². The van der Waals surface area contributed by atoms with Crippen LogP contribution in [0.1, 0.15) is 25.3 Å². The molecule has 3 nitrogen and oxygen atoms in total. The van der Waals surface area contributed by atoms with Crippen molar-refractivity contribution in [3.63, 3.8) is 0 Å². The Morgan fingerprint density at radius 3 is 2.88 bits per heavy atom. The fourth-order valence-corrected chi connectivity index (χ4v) is 1.40. The zero-order valence-corrected chi connectivity index (χ0v) is 10.3. The van der Waals surface area contributed by atoms with Crippen molar-refractivity contribution in [1.82, 2.24) is 0 Å². The Morgan fingerprint density at radius 2 is 2.24 bits per heavy atom. The first-order chi connectivity index (χ1) is 8.15. The monoisotopic (exact) mass is 239 g/mol. The van der Waals surface area contributed by atoms with Crippen LogP contribution in [0.2, 0.25) is 0 Å². The Labute approximate surface area is 101 Å². The predicted octanol–water partition coefficient (Wildman–Crippen LogP) is 2.89. The van der Waals surface area contributed by atoms with E-state index in [9.17, 15) is 9.18 Å². The van der Waals surface area contributed by atoms with Crippen LogP contribution in [0, 0.1) is 12.7 Å². The zero-order valence-electron chi connectivity index (χ0n) is 10.3. The van der Waals surface area contributed by atoms with E-state index in [0.29, 0.717) is 12.3 Å². The van der Waals surface area contributed by atoms with Crippen LogP contribution in [-0.4, -0.2) is 19.1 Å². The molecule has 1 rings (SSSR count). The summed E-state index contributed by atoms with van der Waals surface area (Å²) in [7, 11) is 0. The quantitative estimate of drug-likeness (QED) is 0.612. The van der Waals surface area contributed by atoms with E-state index in [2.05, 4.69) is 5.32 Å². The summed E-state index contributed by atoms with van der Waals surface area (Å²) in [4.78, 5) is 11.3. The molecular weight excluding hydrogens is 221 g/mol. The van der Waals surface area contributed by atoms with Gasteiger partial charge in [-0.25, -0.2) is 4.39 Å². The highest BCUT2D eigenvalue weighted by Crippen LogP contribution is 2.18. The third-order valence-electron chi connectivity index (χ3n) is 2.39. The summed E-state index contributed by atoms with van der Waals surface area (Å²) in [5.41, 5.74) is 1.13. The first kappa shape index (κ1) is 13.5. The van der Waals surface area contributed by atoms with Crippen LogP contribution < -0.4 is 5.32 Å². The molecule has 0 amide bonds. The molecule has 0 spiro atoms. The minimum absolute atomic E-state index is 0.00844. The topological polar surface area (TPSA) is 38.3 Å². The molecule has 1 N–H and O–H groups in total. The van der Waals surface area contributed by atoms with Gasteiger partial charge in [0.1, 0.15) is 12.4 Å². The SMILES string of the molecule is CCCCOC(=O)CNc1c(C)cccc1F. The molecule has 1 aromatic rings. The third kappa shape index (κ3) is 4.43. The lowest BCUT2D eigenvalue weighted by molar-refractivity contribution is -0.141. The van der Waals surface area contributed by atoms with E-state index in [1.165, 1.54) is 6.07 Å². The Kier molecular flexibility index (Phi) is 5.46. The lowest BCUT2D eigenvalue weighted by Crippen LogP contribution is -2.18. The maximum Gasteiger partial charge on any atom is 0.325 e. The number of esters is 1. The normalized spacial score (nSPS) is 10.1. The van der Waals surface area contributed by atoms with Crippen LogP contribution in [0.15, 0.2) is 18.2 Å². The average Bonchev–Trinajstić information content (AvgIpc) is 2.29. The molecule has 0 atom stereocenters. The van der Waals surface area contributed by atoms with Gasteiger partial charge in [-0.15, -0.1) is 0 Å². The molecule has 0 saturated carbocycles. The number of hydrogen-bond donors (Lipinski definition) is 1. The molecule has 94 valence electrons. The van der Waals surface area contributed by atoms with Crippen LogP contribution in [0.5, 0.6) is 0 Å². The molecule has 0 aliphatic carbocycles. The van der Waals surface area contributed by atoms with E-state index >= 15 is 0 Å². The Hall–Kier alpha value is -1.58. The lowest BCUT2D eigenvalue weighted by Gasteiger charge is -2.10. The van der Waals surface area contributed by atoms with Crippen molar-refractivity contribution in [2.75, 3.05) is 18.5 Å². The van der Waals surface area contributed by atoms with Crippen molar-refractivity contribution in [1.29, 1.82) is 0 Å².